The van der Waals surface area contributed by atoms with E-state index >= 15 is 0 Å². The fourth-order valence-electron chi connectivity index (χ4n) is 2.86. The first kappa shape index (κ1) is 16.2. The first-order valence-electron chi connectivity index (χ1n) is 8.08. The molecule has 0 saturated heterocycles. The second-order valence-electron chi connectivity index (χ2n) is 5.85. The van der Waals surface area contributed by atoms with Crippen molar-refractivity contribution in [1.29, 1.82) is 0 Å². The third-order valence-corrected chi connectivity index (χ3v) is 5.17. The molecule has 0 aliphatic carbocycles. The standard InChI is InChI=1S/C20H15N3O2S/c1-12-18(13-7-3-2-4-8-13)26-20(21-12)23-19(25)15-11-17(24)22-16-10-6-5-9-14(15)16/h2-11H,1H3,(H,22,24)(H,21,23,25). The van der Waals surface area contributed by atoms with Crippen LogP contribution in [0.1, 0.15) is 16.1 Å². The molecule has 26 heavy (non-hydrogen) atoms. The fraction of sp³-hybridized carbons (Fsp3) is 0.0500. The van der Waals surface area contributed by atoms with E-state index in [1.807, 2.05) is 55.5 Å². The summed E-state index contributed by atoms with van der Waals surface area (Å²) in [5.74, 6) is -0.347. The molecule has 0 aliphatic rings. The van der Waals surface area contributed by atoms with Gasteiger partial charge in [-0.05, 0) is 18.6 Å². The first-order valence-corrected chi connectivity index (χ1v) is 8.90. The molecular formula is C20H15N3O2S. The Morgan fingerprint density at radius 1 is 1.08 bits per heavy atom. The van der Waals surface area contributed by atoms with Crippen molar-refractivity contribution in [3.8, 4) is 10.4 Å². The van der Waals surface area contributed by atoms with Crippen LogP contribution >= 0.6 is 11.3 Å². The van der Waals surface area contributed by atoms with E-state index in [1.54, 1.807) is 6.07 Å². The number of aromatic amines is 1. The normalized spacial score (nSPS) is 10.8. The SMILES string of the molecule is Cc1nc(NC(=O)c2cc(=O)[nH]c3ccccc23)sc1-c1ccccc1. The van der Waals surface area contributed by atoms with Crippen LogP contribution in [0.15, 0.2) is 65.5 Å². The molecule has 128 valence electrons. The Bertz CT molecular complexity index is 1160. The van der Waals surface area contributed by atoms with Crippen LogP contribution in [0.4, 0.5) is 5.13 Å². The Hall–Kier alpha value is -3.25. The monoisotopic (exact) mass is 361 g/mol. The Morgan fingerprint density at radius 3 is 2.62 bits per heavy atom. The Labute approximate surface area is 153 Å². The van der Waals surface area contributed by atoms with E-state index in [2.05, 4.69) is 15.3 Å². The van der Waals surface area contributed by atoms with Crippen molar-refractivity contribution < 1.29 is 4.79 Å². The number of H-pyrrole nitrogens is 1. The zero-order valence-electron chi connectivity index (χ0n) is 13.9. The number of para-hydroxylation sites is 1. The minimum absolute atomic E-state index is 0.311. The van der Waals surface area contributed by atoms with Crippen molar-refractivity contribution in [3.05, 3.63) is 82.3 Å². The topological polar surface area (TPSA) is 74.8 Å². The van der Waals surface area contributed by atoms with Gasteiger partial charge in [-0.15, -0.1) is 0 Å². The van der Waals surface area contributed by atoms with Crippen molar-refractivity contribution in [2.75, 3.05) is 5.32 Å². The van der Waals surface area contributed by atoms with Gasteiger partial charge >= 0.3 is 0 Å². The predicted octanol–water partition coefficient (Wildman–Crippen LogP) is 4.21. The number of hydrogen-bond donors (Lipinski definition) is 2. The molecule has 0 bridgehead atoms. The zero-order chi connectivity index (χ0) is 18.1. The molecule has 6 heteroatoms. The highest BCUT2D eigenvalue weighted by Crippen LogP contribution is 2.32. The predicted molar refractivity (Wildman–Crippen MR) is 105 cm³/mol. The fourth-order valence-corrected chi connectivity index (χ4v) is 3.83. The summed E-state index contributed by atoms with van der Waals surface area (Å²) < 4.78 is 0. The lowest BCUT2D eigenvalue weighted by molar-refractivity contribution is 0.102. The second-order valence-corrected chi connectivity index (χ2v) is 6.85. The van der Waals surface area contributed by atoms with E-state index in [9.17, 15) is 9.59 Å². The van der Waals surface area contributed by atoms with Gasteiger partial charge in [-0.2, -0.15) is 0 Å². The highest BCUT2D eigenvalue weighted by Gasteiger charge is 2.15. The number of hydrogen-bond acceptors (Lipinski definition) is 4. The number of carbonyl (C=O) groups is 1. The van der Waals surface area contributed by atoms with Gasteiger partial charge in [-0.1, -0.05) is 59.9 Å². The molecule has 4 rings (SSSR count). The van der Waals surface area contributed by atoms with Gasteiger partial charge in [0.15, 0.2) is 5.13 Å². The number of pyridine rings is 1. The van der Waals surface area contributed by atoms with E-state index in [0.717, 1.165) is 16.1 Å². The van der Waals surface area contributed by atoms with Gasteiger partial charge in [-0.3, -0.25) is 14.9 Å². The van der Waals surface area contributed by atoms with Gasteiger partial charge in [0.2, 0.25) is 5.56 Å². The Morgan fingerprint density at radius 2 is 1.81 bits per heavy atom. The lowest BCUT2D eigenvalue weighted by Crippen LogP contribution is -2.16. The van der Waals surface area contributed by atoms with Crippen LogP contribution in [0, 0.1) is 6.92 Å². The molecule has 0 saturated carbocycles. The van der Waals surface area contributed by atoms with Crippen molar-refractivity contribution in [2.45, 2.75) is 6.92 Å². The molecule has 2 N–H and O–H groups in total. The molecule has 5 nitrogen and oxygen atoms in total. The minimum atomic E-state index is -0.347. The molecule has 0 radical (unpaired) electrons. The van der Waals surface area contributed by atoms with Crippen LogP contribution in [0.25, 0.3) is 21.3 Å². The molecule has 2 aromatic carbocycles. The largest absolute Gasteiger partial charge is 0.322 e. The number of rotatable bonds is 3. The lowest BCUT2D eigenvalue weighted by Gasteiger charge is -2.05. The van der Waals surface area contributed by atoms with E-state index in [-0.39, 0.29) is 11.5 Å². The smallest absolute Gasteiger partial charge is 0.258 e. The van der Waals surface area contributed by atoms with Crippen molar-refractivity contribution in [2.24, 2.45) is 0 Å². The van der Waals surface area contributed by atoms with E-state index in [1.165, 1.54) is 17.4 Å². The Balaban J connectivity index is 1.69. The van der Waals surface area contributed by atoms with Crippen LogP contribution in [0.3, 0.4) is 0 Å². The maximum Gasteiger partial charge on any atom is 0.258 e. The van der Waals surface area contributed by atoms with Crippen molar-refractivity contribution in [1.82, 2.24) is 9.97 Å². The first-order chi connectivity index (χ1) is 12.6. The number of anilines is 1. The summed E-state index contributed by atoms with van der Waals surface area (Å²) in [5.41, 5.74) is 2.56. The van der Waals surface area contributed by atoms with Crippen LogP contribution in [-0.4, -0.2) is 15.9 Å². The van der Waals surface area contributed by atoms with Gasteiger partial charge in [-0.25, -0.2) is 4.98 Å². The molecule has 0 unspecified atom stereocenters. The number of carbonyl (C=O) groups excluding carboxylic acids is 1. The summed E-state index contributed by atoms with van der Waals surface area (Å²) >= 11 is 1.42. The molecule has 0 aliphatic heterocycles. The maximum absolute atomic E-state index is 12.7. The number of aryl methyl sites for hydroxylation is 1. The number of nitrogens with one attached hydrogen (secondary N) is 2. The number of fused-ring (bicyclic) bond motifs is 1. The van der Waals surface area contributed by atoms with Crippen LogP contribution in [0.2, 0.25) is 0 Å². The van der Waals surface area contributed by atoms with Gasteiger partial charge in [0, 0.05) is 17.0 Å². The quantitative estimate of drug-likeness (QED) is 0.574. The number of thiazole rings is 1. The van der Waals surface area contributed by atoms with Crippen LogP contribution in [0.5, 0.6) is 0 Å². The lowest BCUT2D eigenvalue weighted by atomic mass is 10.1. The molecule has 0 spiro atoms. The van der Waals surface area contributed by atoms with E-state index in [0.29, 0.717) is 21.6 Å². The zero-order valence-corrected chi connectivity index (χ0v) is 14.8. The van der Waals surface area contributed by atoms with E-state index in [4.69, 9.17) is 0 Å². The minimum Gasteiger partial charge on any atom is -0.322 e. The highest BCUT2D eigenvalue weighted by molar-refractivity contribution is 7.19. The Kier molecular flexibility index (Phi) is 4.10. The number of amides is 1. The molecule has 1 amide bonds. The third kappa shape index (κ3) is 3.02. The van der Waals surface area contributed by atoms with Crippen LogP contribution < -0.4 is 10.9 Å². The van der Waals surface area contributed by atoms with Crippen molar-refractivity contribution in [3.63, 3.8) is 0 Å². The van der Waals surface area contributed by atoms with Crippen molar-refractivity contribution >= 4 is 33.3 Å². The number of aromatic nitrogens is 2. The summed E-state index contributed by atoms with van der Waals surface area (Å²) in [6, 6.07) is 18.5. The summed E-state index contributed by atoms with van der Waals surface area (Å²) in [7, 11) is 0. The summed E-state index contributed by atoms with van der Waals surface area (Å²) in [6.07, 6.45) is 0. The van der Waals surface area contributed by atoms with Crippen LogP contribution in [-0.2, 0) is 0 Å². The molecule has 0 atom stereocenters. The summed E-state index contributed by atoms with van der Waals surface area (Å²) in [5, 5.41) is 4.03. The van der Waals surface area contributed by atoms with Gasteiger partial charge < -0.3 is 4.98 Å². The molecular weight excluding hydrogens is 346 g/mol. The highest BCUT2D eigenvalue weighted by atomic mass is 32.1. The van der Waals surface area contributed by atoms with Gasteiger partial charge in [0.1, 0.15) is 0 Å². The molecule has 2 heterocycles. The number of benzene rings is 2. The summed E-state index contributed by atoms with van der Waals surface area (Å²) in [4.78, 5) is 32.8. The number of nitrogens with zero attached hydrogens (tertiary/aromatic N) is 1. The van der Waals surface area contributed by atoms with E-state index < -0.39 is 0 Å². The van der Waals surface area contributed by atoms with Gasteiger partial charge in [0.25, 0.3) is 5.91 Å². The second kappa shape index (κ2) is 6.57. The maximum atomic E-state index is 12.7. The van der Waals surface area contributed by atoms with Gasteiger partial charge in [0.05, 0.1) is 16.1 Å². The molecule has 4 aromatic rings. The average Bonchev–Trinajstić information content (AvgIpc) is 3.01. The summed E-state index contributed by atoms with van der Waals surface area (Å²) in [6.45, 7) is 1.91. The average molecular weight is 361 g/mol. The molecule has 0 fully saturated rings. The molecule has 2 aromatic heterocycles. The third-order valence-electron chi connectivity index (χ3n) is 4.05.